The smallest absolute Gasteiger partial charge is 0.222 e. The zero-order chi connectivity index (χ0) is 18.9. The highest BCUT2D eigenvalue weighted by Crippen LogP contribution is 2.41. The first kappa shape index (κ1) is 18.7. The van der Waals surface area contributed by atoms with Crippen molar-refractivity contribution < 1.29 is 9.90 Å². The van der Waals surface area contributed by atoms with E-state index in [0.717, 1.165) is 56.0 Å². The lowest BCUT2D eigenvalue weighted by molar-refractivity contribution is -0.139. The molecule has 2 saturated heterocycles. The molecule has 0 bridgehead atoms. The summed E-state index contributed by atoms with van der Waals surface area (Å²) in [6, 6.07) is 4.26. The number of anilines is 1. The van der Waals surface area contributed by atoms with Gasteiger partial charge in [0.15, 0.2) is 0 Å². The van der Waals surface area contributed by atoms with Crippen LogP contribution < -0.4 is 4.90 Å². The van der Waals surface area contributed by atoms with Gasteiger partial charge in [0.2, 0.25) is 5.91 Å². The lowest BCUT2D eigenvalue weighted by atomic mass is 9.72. The molecule has 1 spiro atoms. The quantitative estimate of drug-likeness (QED) is 0.898. The second-order valence-corrected chi connectivity index (χ2v) is 8.00. The molecule has 6 heteroatoms. The lowest BCUT2D eigenvalue weighted by Gasteiger charge is -2.48. The number of aromatic nitrogens is 1. The highest BCUT2D eigenvalue weighted by Gasteiger charge is 2.41. The van der Waals surface area contributed by atoms with Crippen LogP contribution in [0.2, 0.25) is 0 Å². The molecule has 3 rings (SSSR count). The number of carbonyl (C=O) groups is 1. The molecule has 2 fully saturated rings. The molecular formula is C20H28N4O2. The molecule has 140 valence electrons. The van der Waals surface area contributed by atoms with Crippen LogP contribution in [0.5, 0.6) is 0 Å². The average Bonchev–Trinajstić information content (AvgIpc) is 2.58. The van der Waals surface area contributed by atoms with E-state index in [-0.39, 0.29) is 11.3 Å². The van der Waals surface area contributed by atoms with Gasteiger partial charge in [-0.25, -0.2) is 4.98 Å². The molecular weight excluding hydrogens is 328 g/mol. The molecule has 3 heterocycles. The summed E-state index contributed by atoms with van der Waals surface area (Å²) in [6.07, 6.45) is 2.96. The van der Waals surface area contributed by atoms with Gasteiger partial charge in [0.25, 0.3) is 0 Å². The molecule has 1 atom stereocenters. The summed E-state index contributed by atoms with van der Waals surface area (Å²) in [5.74, 6) is 0.953. The van der Waals surface area contributed by atoms with Crippen LogP contribution >= 0.6 is 0 Å². The second-order valence-electron chi connectivity index (χ2n) is 8.00. The van der Waals surface area contributed by atoms with Crippen LogP contribution in [0.3, 0.4) is 0 Å². The van der Waals surface area contributed by atoms with Crippen LogP contribution in [0.15, 0.2) is 6.07 Å². The maximum atomic E-state index is 12.2. The summed E-state index contributed by atoms with van der Waals surface area (Å²) in [7, 11) is 0. The zero-order valence-electron chi connectivity index (χ0n) is 16.0. The van der Waals surface area contributed by atoms with E-state index in [1.165, 1.54) is 0 Å². The Bertz CT molecular complexity index is 730. The highest BCUT2D eigenvalue weighted by atomic mass is 16.3. The number of aliphatic hydroxyl groups excluding tert-OH is 1. The van der Waals surface area contributed by atoms with E-state index in [1.54, 1.807) is 6.92 Å². The van der Waals surface area contributed by atoms with E-state index in [4.69, 9.17) is 0 Å². The topological polar surface area (TPSA) is 80.5 Å². The number of amides is 1. The Labute approximate surface area is 155 Å². The number of piperidine rings is 2. The molecule has 1 aromatic heterocycles. The van der Waals surface area contributed by atoms with Gasteiger partial charge in [0.1, 0.15) is 11.9 Å². The predicted molar refractivity (Wildman–Crippen MR) is 99.8 cm³/mol. The van der Waals surface area contributed by atoms with Crippen molar-refractivity contribution in [2.24, 2.45) is 5.41 Å². The summed E-state index contributed by atoms with van der Waals surface area (Å²) >= 11 is 0. The minimum absolute atomic E-state index is 0.130. The average molecular weight is 356 g/mol. The summed E-state index contributed by atoms with van der Waals surface area (Å²) < 4.78 is 0. The van der Waals surface area contributed by atoms with E-state index < -0.39 is 6.10 Å². The normalized spacial score (nSPS) is 21.0. The van der Waals surface area contributed by atoms with Gasteiger partial charge in [-0.15, -0.1) is 0 Å². The zero-order valence-corrected chi connectivity index (χ0v) is 16.0. The third-order valence-corrected chi connectivity index (χ3v) is 5.79. The van der Waals surface area contributed by atoms with Gasteiger partial charge in [-0.1, -0.05) is 0 Å². The molecule has 6 nitrogen and oxygen atoms in total. The first-order valence-corrected chi connectivity index (χ1v) is 9.43. The van der Waals surface area contributed by atoms with E-state index in [9.17, 15) is 15.2 Å². The monoisotopic (exact) mass is 356 g/mol. The third-order valence-electron chi connectivity index (χ3n) is 5.79. The van der Waals surface area contributed by atoms with E-state index in [0.29, 0.717) is 18.5 Å². The van der Waals surface area contributed by atoms with Crippen LogP contribution in [0.25, 0.3) is 0 Å². The van der Waals surface area contributed by atoms with E-state index in [2.05, 4.69) is 16.0 Å². The molecule has 1 aromatic rings. The molecule has 26 heavy (non-hydrogen) atoms. The number of carbonyl (C=O) groups excluding carboxylic acids is 1. The Hall–Kier alpha value is -2.13. The van der Waals surface area contributed by atoms with Gasteiger partial charge < -0.3 is 14.9 Å². The summed E-state index contributed by atoms with van der Waals surface area (Å²) in [6.45, 7) is 8.50. The maximum absolute atomic E-state index is 12.2. The van der Waals surface area contributed by atoms with Gasteiger partial charge in [-0.05, 0) is 57.1 Å². The minimum Gasteiger partial charge on any atom is -0.392 e. The molecule has 0 aromatic carbocycles. The van der Waals surface area contributed by atoms with E-state index in [1.807, 2.05) is 24.8 Å². The number of hydrogen-bond acceptors (Lipinski definition) is 5. The Morgan fingerprint density at radius 3 is 2.65 bits per heavy atom. The third kappa shape index (κ3) is 3.68. The van der Waals surface area contributed by atoms with Crippen molar-refractivity contribution in [3.63, 3.8) is 0 Å². The van der Waals surface area contributed by atoms with Crippen LogP contribution in [0.4, 0.5) is 5.82 Å². The van der Waals surface area contributed by atoms with Crippen molar-refractivity contribution in [2.75, 3.05) is 31.1 Å². The second kappa shape index (κ2) is 7.24. The number of nitriles is 1. The van der Waals surface area contributed by atoms with Gasteiger partial charge >= 0.3 is 0 Å². The largest absolute Gasteiger partial charge is 0.392 e. The fraction of sp³-hybridized carbons (Fsp3) is 0.650. The number of pyridine rings is 1. The Morgan fingerprint density at radius 1 is 1.35 bits per heavy atom. The fourth-order valence-corrected chi connectivity index (χ4v) is 4.37. The van der Waals surface area contributed by atoms with Crippen molar-refractivity contribution in [3.05, 3.63) is 22.9 Å². The number of nitrogens with zero attached hydrogens (tertiary/aromatic N) is 4. The minimum atomic E-state index is -0.494. The predicted octanol–water partition coefficient (Wildman–Crippen LogP) is 2.16. The van der Waals surface area contributed by atoms with Crippen LogP contribution in [0.1, 0.15) is 49.4 Å². The molecule has 0 radical (unpaired) electrons. The van der Waals surface area contributed by atoms with Gasteiger partial charge in [-0.3, -0.25) is 4.79 Å². The summed E-state index contributed by atoms with van der Waals surface area (Å²) in [5, 5.41) is 19.2. The molecule has 0 saturated carbocycles. The number of likely N-dealkylation sites (tertiary alicyclic amines) is 1. The molecule has 2 aliphatic rings. The van der Waals surface area contributed by atoms with Crippen molar-refractivity contribution in [3.8, 4) is 6.07 Å². The molecule has 0 aliphatic carbocycles. The van der Waals surface area contributed by atoms with Gasteiger partial charge in [0.05, 0.1) is 11.7 Å². The number of β-amino-alcohol motifs (C(OH)–C–C–N with tert-alkyl or cyclic N) is 1. The Kier molecular flexibility index (Phi) is 5.19. The maximum Gasteiger partial charge on any atom is 0.222 e. The number of aliphatic hydroxyl groups is 1. The van der Waals surface area contributed by atoms with Crippen molar-refractivity contribution >= 4 is 11.7 Å². The standard InChI is InChI=1S/C20H28N4O2/c1-14-10-15(2)22-19(17(14)11-21)23-8-6-20(7-9-23)5-4-18(26)24(13-20)12-16(3)25/h10,16,25H,4-9,12-13H2,1-3H3. The Balaban J connectivity index is 1.74. The molecule has 1 amide bonds. The first-order chi connectivity index (χ1) is 12.3. The van der Waals surface area contributed by atoms with Gasteiger partial charge in [0, 0.05) is 38.3 Å². The molecule has 1 N–H and O–H groups in total. The molecule has 2 aliphatic heterocycles. The van der Waals surface area contributed by atoms with Gasteiger partial charge in [-0.2, -0.15) is 5.26 Å². The molecule has 1 unspecified atom stereocenters. The van der Waals surface area contributed by atoms with Crippen molar-refractivity contribution in [2.45, 2.75) is 52.6 Å². The van der Waals surface area contributed by atoms with Crippen LogP contribution in [-0.4, -0.2) is 53.2 Å². The number of hydrogen-bond donors (Lipinski definition) is 1. The highest BCUT2D eigenvalue weighted by molar-refractivity contribution is 5.77. The van der Waals surface area contributed by atoms with Crippen molar-refractivity contribution in [1.82, 2.24) is 9.88 Å². The first-order valence-electron chi connectivity index (χ1n) is 9.43. The summed E-state index contributed by atoms with van der Waals surface area (Å²) in [5.41, 5.74) is 2.70. The van der Waals surface area contributed by atoms with E-state index >= 15 is 0 Å². The van der Waals surface area contributed by atoms with Crippen LogP contribution in [0, 0.1) is 30.6 Å². The summed E-state index contributed by atoms with van der Waals surface area (Å²) in [4.78, 5) is 20.8. The SMILES string of the molecule is Cc1cc(C)c(C#N)c(N2CCC3(CCC(=O)N(CC(C)O)C3)CC2)n1. The fourth-order valence-electron chi connectivity index (χ4n) is 4.37. The number of aryl methyl sites for hydroxylation is 2. The number of rotatable bonds is 3. The Morgan fingerprint density at radius 2 is 2.04 bits per heavy atom. The van der Waals surface area contributed by atoms with Crippen molar-refractivity contribution in [1.29, 1.82) is 5.26 Å². The van der Waals surface area contributed by atoms with Crippen LogP contribution in [-0.2, 0) is 4.79 Å². The lowest BCUT2D eigenvalue weighted by Crippen LogP contribution is -2.53.